The first-order valence-corrected chi connectivity index (χ1v) is 7.32. The third-order valence-electron chi connectivity index (χ3n) is 3.52. The van der Waals surface area contributed by atoms with Crippen LogP contribution >= 0.6 is 11.3 Å². The molecule has 0 saturated heterocycles. The molecule has 1 aromatic heterocycles. The molecule has 1 atom stereocenters. The largest absolute Gasteiger partial charge is 0.481 e. The van der Waals surface area contributed by atoms with Crippen molar-refractivity contribution in [1.82, 2.24) is 4.90 Å². The monoisotopic (exact) mass is 281 g/mol. The lowest BCUT2D eigenvalue weighted by molar-refractivity contribution is -0.141. The minimum Gasteiger partial charge on any atom is -0.481 e. The van der Waals surface area contributed by atoms with Gasteiger partial charge in [0, 0.05) is 17.5 Å². The molecule has 1 amide bonds. The van der Waals surface area contributed by atoms with E-state index >= 15 is 0 Å². The molecule has 0 aliphatic heterocycles. The maximum atomic E-state index is 12.5. The number of hydrogen-bond acceptors (Lipinski definition) is 3. The quantitative estimate of drug-likeness (QED) is 0.902. The van der Waals surface area contributed by atoms with Crippen molar-refractivity contribution in [3.8, 4) is 0 Å². The number of amides is 1. The Labute approximate surface area is 117 Å². The van der Waals surface area contributed by atoms with Crippen LogP contribution in [0.4, 0.5) is 0 Å². The second-order valence-corrected chi connectivity index (χ2v) is 6.53. The summed E-state index contributed by atoms with van der Waals surface area (Å²) in [6, 6.07) is 2.14. The molecule has 1 fully saturated rings. The second-order valence-electron chi connectivity index (χ2n) is 5.28. The topological polar surface area (TPSA) is 57.6 Å². The molecule has 1 aliphatic carbocycles. The number of nitrogens with zero attached hydrogens (tertiary/aromatic N) is 1. The van der Waals surface area contributed by atoms with E-state index in [1.807, 2.05) is 19.9 Å². The summed E-state index contributed by atoms with van der Waals surface area (Å²) >= 11 is 1.49. The third kappa shape index (κ3) is 3.15. The van der Waals surface area contributed by atoms with E-state index in [2.05, 4.69) is 0 Å². The summed E-state index contributed by atoms with van der Waals surface area (Å²) in [6.07, 6.45) is 1.98. The summed E-state index contributed by atoms with van der Waals surface area (Å²) in [4.78, 5) is 27.1. The SMILES string of the molecule is Cc1cc(C(=O)N(CC(C)C(=O)O)C2CC2)sc1C. The number of rotatable bonds is 5. The van der Waals surface area contributed by atoms with Gasteiger partial charge in [0.1, 0.15) is 0 Å². The number of aliphatic carboxylic acids is 1. The molecule has 19 heavy (non-hydrogen) atoms. The summed E-state index contributed by atoms with van der Waals surface area (Å²) in [6.45, 7) is 5.94. The summed E-state index contributed by atoms with van der Waals surface area (Å²) in [5, 5.41) is 9.00. The fraction of sp³-hybridized carbons (Fsp3) is 0.571. The Morgan fingerprint density at radius 1 is 1.47 bits per heavy atom. The van der Waals surface area contributed by atoms with Gasteiger partial charge < -0.3 is 10.0 Å². The number of carbonyl (C=O) groups excluding carboxylic acids is 1. The van der Waals surface area contributed by atoms with Gasteiger partial charge in [0.2, 0.25) is 0 Å². The molecular weight excluding hydrogens is 262 g/mol. The molecule has 2 rings (SSSR count). The van der Waals surface area contributed by atoms with Crippen LogP contribution in [0.3, 0.4) is 0 Å². The lowest BCUT2D eigenvalue weighted by Gasteiger charge is -2.23. The van der Waals surface area contributed by atoms with E-state index in [0.29, 0.717) is 6.54 Å². The lowest BCUT2D eigenvalue weighted by atomic mass is 10.1. The number of aryl methyl sites for hydroxylation is 2. The first-order valence-electron chi connectivity index (χ1n) is 6.51. The standard InChI is InChI=1S/C14H19NO3S/c1-8-6-12(19-10(8)3)13(16)15(11-4-5-11)7-9(2)14(17)18/h6,9,11H,4-5,7H2,1-3H3,(H,17,18). The number of carboxylic acid groups (broad SMARTS) is 1. The van der Waals surface area contributed by atoms with Gasteiger partial charge in [-0.2, -0.15) is 0 Å². The third-order valence-corrected chi connectivity index (χ3v) is 4.66. The van der Waals surface area contributed by atoms with Gasteiger partial charge in [-0.1, -0.05) is 6.92 Å². The van der Waals surface area contributed by atoms with E-state index in [0.717, 1.165) is 28.2 Å². The molecule has 1 heterocycles. The molecule has 1 aromatic rings. The van der Waals surface area contributed by atoms with Crippen molar-refractivity contribution < 1.29 is 14.7 Å². The average molecular weight is 281 g/mol. The smallest absolute Gasteiger partial charge is 0.308 e. The van der Waals surface area contributed by atoms with E-state index in [9.17, 15) is 9.59 Å². The number of thiophene rings is 1. The average Bonchev–Trinajstić information content (AvgIpc) is 3.12. The minimum absolute atomic E-state index is 0.0169. The van der Waals surface area contributed by atoms with Crippen molar-refractivity contribution in [2.75, 3.05) is 6.54 Å². The molecule has 1 unspecified atom stereocenters. The van der Waals surface area contributed by atoms with Crippen LogP contribution in [0.15, 0.2) is 6.07 Å². The Bertz CT molecular complexity index is 485. The summed E-state index contributed by atoms with van der Waals surface area (Å²) in [7, 11) is 0. The predicted molar refractivity (Wildman–Crippen MR) is 74.7 cm³/mol. The van der Waals surface area contributed by atoms with Gasteiger partial charge in [-0.3, -0.25) is 9.59 Å². The Morgan fingerprint density at radius 2 is 2.11 bits per heavy atom. The zero-order chi connectivity index (χ0) is 14.2. The highest BCUT2D eigenvalue weighted by Crippen LogP contribution is 2.31. The fourth-order valence-electron chi connectivity index (χ4n) is 1.98. The second kappa shape index (κ2) is 5.33. The van der Waals surface area contributed by atoms with Crippen LogP contribution in [0.2, 0.25) is 0 Å². The van der Waals surface area contributed by atoms with Crippen molar-refractivity contribution in [3.63, 3.8) is 0 Å². The molecule has 0 bridgehead atoms. The number of carbonyl (C=O) groups is 2. The highest BCUT2D eigenvalue weighted by molar-refractivity contribution is 7.14. The van der Waals surface area contributed by atoms with E-state index in [1.165, 1.54) is 11.3 Å². The van der Waals surface area contributed by atoms with Gasteiger partial charge in [0.15, 0.2) is 0 Å². The molecule has 104 valence electrons. The lowest BCUT2D eigenvalue weighted by Crippen LogP contribution is -2.38. The summed E-state index contributed by atoms with van der Waals surface area (Å²) < 4.78 is 0. The van der Waals surface area contributed by atoms with Crippen molar-refractivity contribution in [1.29, 1.82) is 0 Å². The first kappa shape index (κ1) is 14.1. The maximum Gasteiger partial charge on any atom is 0.308 e. The van der Waals surface area contributed by atoms with E-state index < -0.39 is 11.9 Å². The van der Waals surface area contributed by atoms with E-state index in [4.69, 9.17) is 5.11 Å². The maximum absolute atomic E-state index is 12.5. The predicted octanol–water partition coefficient (Wildman–Crippen LogP) is 2.69. The van der Waals surface area contributed by atoms with Gasteiger partial charge in [-0.15, -0.1) is 11.3 Å². The van der Waals surface area contributed by atoms with E-state index in [-0.39, 0.29) is 11.9 Å². The molecule has 0 radical (unpaired) electrons. The zero-order valence-electron chi connectivity index (χ0n) is 11.5. The highest BCUT2D eigenvalue weighted by atomic mass is 32.1. The van der Waals surface area contributed by atoms with Crippen molar-refractivity contribution >= 4 is 23.2 Å². The molecular formula is C14H19NO3S. The van der Waals surface area contributed by atoms with Crippen molar-refractivity contribution in [2.45, 2.75) is 39.7 Å². The fourth-order valence-corrected chi connectivity index (χ4v) is 2.97. The van der Waals surface area contributed by atoms with Gasteiger partial charge in [0.25, 0.3) is 5.91 Å². The molecule has 4 nitrogen and oxygen atoms in total. The molecule has 1 saturated carbocycles. The number of hydrogen-bond donors (Lipinski definition) is 1. The highest BCUT2D eigenvalue weighted by Gasteiger charge is 2.35. The van der Waals surface area contributed by atoms with Crippen LogP contribution in [-0.4, -0.2) is 34.5 Å². The van der Waals surface area contributed by atoms with Crippen LogP contribution in [0.25, 0.3) is 0 Å². The number of carboxylic acids is 1. The van der Waals surface area contributed by atoms with Gasteiger partial charge in [-0.05, 0) is 38.3 Å². The van der Waals surface area contributed by atoms with Crippen LogP contribution < -0.4 is 0 Å². The molecule has 1 N–H and O–H groups in total. The zero-order valence-corrected chi connectivity index (χ0v) is 12.3. The molecule has 0 aromatic carbocycles. The van der Waals surface area contributed by atoms with Crippen LogP contribution in [0.5, 0.6) is 0 Å². The Morgan fingerprint density at radius 3 is 2.53 bits per heavy atom. The van der Waals surface area contributed by atoms with Crippen LogP contribution in [0, 0.1) is 19.8 Å². The molecule has 1 aliphatic rings. The van der Waals surface area contributed by atoms with Gasteiger partial charge in [-0.25, -0.2) is 0 Å². The van der Waals surface area contributed by atoms with Gasteiger partial charge in [0.05, 0.1) is 10.8 Å². The van der Waals surface area contributed by atoms with Crippen molar-refractivity contribution in [2.24, 2.45) is 5.92 Å². The normalized spacial score (nSPS) is 16.2. The Kier molecular flexibility index (Phi) is 3.94. The van der Waals surface area contributed by atoms with Crippen LogP contribution in [0.1, 0.15) is 39.9 Å². The van der Waals surface area contributed by atoms with E-state index in [1.54, 1.807) is 11.8 Å². The minimum atomic E-state index is -0.850. The van der Waals surface area contributed by atoms with Crippen LogP contribution in [-0.2, 0) is 4.79 Å². The summed E-state index contributed by atoms with van der Waals surface area (Å²) in [5.74, 6) is -1.39. The Hall–Kier alpha value is -1.36. The molecule has 5 heteroatoms. The van der Waals surface area contributed by atoms with Crippen molar-refractivity contribution in [3.05, 3.63) is 21.4 Å². The summed E-state index contributed by atoms with van der Waals surface area (Å²) in [5.41, 5.74) is 1.12. The Balaban J connectivity index is 2.15. The molecule has 0 spiro atoms. The first-order chi connectivity index (χ1) is 8.90. The van der Waals surface area contributed by atoms with Gasteiger partial charge >= 0.3 is 5.97 Å².